The molecular weight excluding hydrogens is 600 g/mol. The topological polar surface area (TPSA) is 177 Å². The summed E-state index contributed by atoms with van der Waals surface area (Å²) in [4.78, 5) is 76.3. The van der Waals surface area contributed by atoms with E-state index < -0.39 is 60.4 Å². The third kappa shape index (κ3) is 7.81. The second-order valence-electron chi connectivity index (χ2n) is 9.13. The number of furan rings is 1. The maximum atomic E-state index is 13.7. The molecule has 0 radical (unpaired) electrons. The van der Waals surface area contributed by atoms with Crippen molar-refractivity contribution in [2.24, 2.45) is 5.92 Å². The van der Waals surface area contributed by atoms with Crippen molar-refractivity contribution in [3.8, 4) is 0 Å². The van der Waals surface area contributed by atoms with E-state index >= 15 is 0 Å². The molecule has 0 bridgehead atoms. The average Bonchev–Trinajstić information content (AvgIpc) is 3.32. The average molecular weight is 631 g/mol. The van der Waals surface area contributed by atoms with Crippen molar-refractivity contribution < 1.29 is 56.9 Å². The molecule has 5 atom stereocenters. The van der Waals surface area contributed by atoms with Gasteiger partial charge in [-0.2, -0.15) is 0 Å². The van der Waals surface area contributed by atoms with Crippen LogP contribution in [0, 0.1) is 5.92 Å². The van der Waals surface area contributed by atoms with Gasteiger partial charge in [-0.3, -0.25) is 28.8 Å². The minimum Gasteiger partial charge on any atom is -0.466 e. The molecule has 0 saturated carbocycles. The Labute approximate surface area is 238 Å². The van der Waals surface area contributed by atoms with Gasteiger partial charge in [0.1, 0.15) is 0 Å². The first-order valence-corrected chi connectivity index (χ1v) is 13.4. The summed E-state index contributed by atoms with van der Waals surface area (Å²) in [6, 6.07) is 2.84. The summed E-state index contributed by atoms with van der Waals surface area (Å²) in [5.41, 5.74) is 0. The predicted molar refractivity (Wildman–Crippen MR) is 135 cm³/mol. The van der Waals surface area contributed by atoms with Crippen LogP contribution in [0.15, 0.2) is 21.2 Å². The fourth-order valence-electron chi connectivity index (χ4n) is 4.54. The minimum absolute atomic E-state index is 0.132. The van der Waals surface area contributed by atoms with Crippen LogP contribution in [0.2, 0.25) is 0 Å². The van der Waals surface area contributed by atoms with E-state index in [2.05, 4.69) is 21.2 Å². The van der Waals surface area contributed by atoms with Gasteiger partial charge in [-0.15, -0.1) is 0 Å². The number of ether oxygens (including phenoxy) is 5. The number of amides is 2. The van der Waals surface area contributed by atoms with E-state index in [1.165, 1.54) is 17.0 Å². The molecule has 14 nitrogen and oxygen atoms in total. The Morgan fingerprint density at radius 2 is 1.50 bits per heavy atom. The van der Waals surface area contributed by atoms with E-state index in [0.717, 1.165) is 20.8 Å². The maximum absolute atomic E-state index is 13.7. The monoisotopic (exact) mass is 630 g/mol. The fraction of sp³-hybridized carbons (Fsp3) is 0.600. The number of nitrogens with one attached hydrogen (secondary N) is 1. The van der Waals surface area contributed by atoms with Gasteiger partial charge >= 0.3 is 23.9 Å². The molecule has 3 rings (SSSR count). The summed E-state index contributed by atoms with van der Waals surface area (Å²) in [7, 11) is 0. The molecule has 2 aliphatic heterocycles. The molecule has 220 valence electrons. The van der Waals surface area contributed by atoms with Crippen molar-refractivity contribution in [2.75, 3.05) is 19.7 Å². The van der Waals surface area contributed by atoms with Gasteiger partial charge in [0, 0.05) is 33.9 Å². The van der Waals surface area contributed by atoms with E-state index in [1.54, 1.807) is 6.92 Å². The maximum Gasteiger partial charge on any atom is 0.309 e. The number of carbonyl (C=O) groups excluding carboxylic acids is 6. The van der Waals surface area contributed by atoms with Gasteiger partial charge in [0.2, 0.25) is 0 Å². The molecule has 2 fully saturated rings. The van der Waals surface area contributed by atoms with Crippen LogP contribution in [-0.4, -0.2) is 90.9 Å². The van der Waals surface area contributed by atoms with Crippen molar-refractivity contribution in [3.05, 3.63) is 22.6 Å². The van der Waals surface area contributed by atoms with Gasteiger partial charge in [-0.1, -0.05) is 0 Å². The molecule has 0 aliphatic carbocycles. The minimum atomic E-state index is -1.58. The van der Waals surface area contributed by atoms with Gasteiger partial charge in [0.25, 0.3) is 11.8 Å². The second-order valence-corrected chi connectivity index (χ2v) is 9.91. The lowest BCUT2D eigenvalue weighted by molar-refractivity contribution is -0.249. The molecule has 0 aromatic carbocycles. The van der Waals surface area contributed by atoms with E-state index in [-0.39, 0.29) is 42.0 Å². The third-order valence-electron chi connectivity index (χ3n) is 6.18. The zero-order valence-corrected chi connectivity index (χ0v) is 24.0. The van der Waals surface area contributed by atoms with Crippen LogP contribution in [0.1, 0.15) is 51.1 Å². The van der Waals surface area contributed by atoms with Crippen LogP contribution in [0.5, 0.6) is 0 Å². The molecule has 3 heterocycles. The fourth-order valence-corrected chi connectivity index (χ4v) is 4.84. The van der Waals surface area contributed by atoms with Gasteiger partial charge in [-0.05, 0) is 47.8 Å². The molecular formula is C25H31BrN2O12. The molecule has 5 unspecified atom stereocenters. The third-order valence-corrected chi connectivity index (χ3v) is 6.61. The zero-order chi connectivity index (χ0) is 29.6. The first-order valence-electron chi connectivity index (χ1n) is 12.6. The highest BCUT2D eigenvalue weighted by Crippen LogP contribution is 2.31. The quantitative estimate of drug-likeness (QED) is 0.320. The summed E-state index contributed by atoms with van der Waals surface area (Å²) in [6.07, 6.45) is -7.02. The van der Waals surface area contributed by atoms with Crippen LogP contribution in [0.4, 0.5) is 0 Å². The van der Waals surface area contributed by atoms with Crippen LogP contribution < -0.4 is 5.32 Å². The number of carbonyl (C=O) groups is 6. The largest absolute Gasteiger partial charge is 0.466 e. The van der Waals surface area contributed by atoms with E-state index in [0.29, 0.717) is 12.8 Å². The summed E-state index contributed by atoms with van der Waals surface area (Å²) < 4.78 is 32.7. The lowest BCUT2D eigenvalue weighted by Gasteiger charge is -2.45. The Morgan fingerprint density at radius 3 is 2.02 bits per heavy atom. The molecule has 1 N–H and O–H groups in total. The van der Waals surface area contributed by atoms with E-state index in [1.807, 2.05) is 0 Å². The van der Waals surface area contributed by atoms with Crippen molar-refractivity contribution in [1.29, 1.82) is 0 Å². The lowest BCUT2D eigenvalue weighted by Crippen LogP contribution is -2.68. The van der Waals surface area contributed by atoms with Crippen LogP contribution >= 0.6 is 15.9 Å². The van der Waals surface area contributed by atoms with Crippen LogP contribution in [0.3, 0.4) is 0 Å². The summed E-state index contributed by atoms with van der Waals surface area (Å²) in [6.45, 7) is 5.52. The van der Waals surface area contributed by atoms with Crippen LogP contribution in [-0.2, 0) is 47.7 Å². The Hall–Kier alpha value is -3.46. The number of hydrogen-bond donors (Lipinski definition) is 1. The molecule has 0 spiro atoms. The Morgan fingerprint density at radius 1 is 0.925 bits per heavy atom. The number of likely N-dealkylation sites (tertiary alicyclic amines) is 1. The van der Waals surface area contributed by atoms with E-state index in [9.17, 15) is 28.8 Å². The van der Waals surface area contributed by atoms with Gasteiger partial charge in [0.05, 0.1) is 12.5 Å². The molecule has 15 heteroatoms. The smallest absolute Gasteiger partial charge is 0.309 e. The van der Waals surface area contributed by atoms with Gasteiger partial charge < -0.3 is 38.3 Å². The number of rotatable bonds is 8. The van der Waals surface area contributed by atoms with Gasteiger partial charge in [0.15, 0.2) is 41.1 Å². The normalized spacial score (nSPS) is 24.9. The zero-order valence-electron chi connectivity index (χ0n) is 22.4. The second kappa shape index (κ2) is 13.7. The predicted octanol–water partition coefficient (Wildman–Crippen LogP) is 1.09. The van der Waals surface area contributed by atoms with Crippen molar-refractivity contribution >= 4 is 51.6 Å². The van der Waals surface area contributed by atoms with Crippen molar-refractivity contribution in [1.82, 2.24) is 10.2 Å². The number of halogens is 1. The van der Waals surface area contributed by atoms with E-state index in [4.69, 9.17) is 28.1 Å². The Balaban J connectivity index is 1.93. The highest BCUT2D eigenvalue weighted by molar-refractivity contribution is 9.10. The highest BCUT2D eigenvalue weighted by atomic mass is 79.9. The van der Waals surface area contributed by atoms with Crippen LogP contribution in [0.25, 0.3) is 0 Å². The highest BCUT2D eigenvalue weighted by Gasteiger charge is 2.55. The molecule has 1 aromatic rings. The van der Waals surface area contributed by atoms with Crippen molar-refractivity contribution in [3.63, 3.8) is 0 Å². The number of hydrogen-bond acceptors (Lipinski definition) is 12. The van der Waals surface area contributed by atoms with Gasteiger partial charge in [-0.25, -0.2) is 0 Å². The molecule has 2 amide bonds. The molecule has 2 aliphatic rings. The Bertz CT molecular complexity index is 1130. The molecule has 2 saturated heterocycles. The number of piperidine rings is 1. The standard InChI is InChI=1S/C25H31BrN2O12/c1-5-35-25(34)15-8-10-28(11-9-15)24(33)21-19(37-13(3)30)18(36-12(2)29)20(38-14(4)31)23(40-21)27-22(32)16-6-7-17(26)39-16/h6-7,15,18-21,23H,5,8-11H2,1-4H3,(H,27,32). The lowest BCUT2D eigenvalue weighted by atomic mass is 9.93. The molecule has 40 heavy (non-hydrogen) atoms. The summed E-state index contributed by atoms with van der Waals surface area (Å²) in [5.74, 6) is -4.79. The summed E-state index contributed by atoms with van der Waals surface area (Å²) >= 11 is 3.10. The SMILES string of the molecule is CCOC(=O)C1CCN(C(=O)C2OC(NC(=O)c3ccc(Br)o3)C(OC(C)=O)C(OC(C)=O)C2OC(C)=O)CC1. The number of esters is 4. The molecule has 1 aromatic heterocycles. The first-order chi connectivity index (χ1) is 18.9. The Kier molecular flexibility index (Phi) is 10.7. The first kappa shape index (κ1) is 31.1. The summed E-state index contributed by atoms with van der Waals surface area (Å²) in [5, 5.41) is 2.49. The van der Waals surface area contributed by atoms with Crippen molar-refractivity contribution in [2.45, 2.75) is 71.2 Å². The number of nitrogens with zero attached hydrogens (tertiary/aromatic N) is 1.